The van der Waals surface area contributed by atoms with E-state index in [9.17, 15) is 4.79 Å². The normalized spacial score (nSPS) is 26.2. The maximum absolute atomic E-state index is 12.4. The molecule has 3 unspecified atom stereocenters. The molecule has 1 saturated heterocycles. The smallest absolute Gasteiger partial charge is 0.258 e. The molecule has 1 amide bonds. The van der Waals surface area contributed by atoms with Crippen LogP contribution < -0.4 is 20.9 Å². The molecule has 132 valence electrons. The van der Waals surface area contributed by atoms with Crippen molar-refractivity contribution in [1.82, 2.24) is 16.2 Å². The Hall–Kier alpha value is -1.59. The highest BCUT2D eigenvalue weighted by molar-refractivity contribution is 5.78. The van der Waals surface area contributed by atoms with Crippen LogP contribution in [0.4, 0.5) is 0 Å². The zero-order chi connectivity index (χ0) is 17.1. The molecule has 5 heteroatoms. The van der Waals surface area contributed by atoms with Crippen LogP contribution in [0.3, 0.4) is 0 Å². The van der Waals surface area contributed by atoms with E-state index in [1.165, 1.54) is 12.8 Å². The van der Waals surface area contributed by atoms with Gasteiger partial charge in [-0.15, -0.1) is 0 Å². The number of hydrogen-bond acceptors (Lipinski definition) is 4. The molecule has 1 aromatic carbocycles. The Balaban J connectivity index is 1.57. The van der Waals surface area contributed by atoms with E-state index in [1.54, 1.807) is 0 Å². The summed E-state index contributed by atoms with van der Waals surface area (Å²) in [6.45, 7) is 7.38. The number of carbonyl (C=O) groups is 1. The number of hydrogen-bond donors (Lipinski definition) is 3. The number of benzene rings is 1. The van der Waals surface area contributed by atoms with Crippen LogP contribution in [0.1, 0.15) is 50.2 Å². The van der Waals surface area contributed by atoms with Gasteiger partial charge in [-0.1, -0.05) is 32.4 Å². The highest BCUT2D eigenvalue weighted by Crippen LogP contribution is 2.28. The van der Waals surface area contributed by atoms with Crippen LogP contribution in [0.15, 0.2) is 18.2 Å². The summed E-state index contributed by atoms with van der Waals surface area (Å²) in [6.07, 6.45) is 3.43. The third kappa shape index (κ3) is 3.90. The van der Waals surface area contributed by atoms with Crippen LogP contribution in [-0.4, -0.2) is 31.1 Å². The van der Waals surface area contributed by atoms with Crippen LogP contribution in [0, 0.1) is 12.8 Å². The van der Waals surface area contributed by atoms with Crippen molar-refractivity contribution in [2.45, 2.75) is 58.0 Å². The molecule has 1 saturated carbocycles. The van der Waals surface area contributed by atoms with Crippen molar-refractivity contribution in [1.29, 1.82) is 0 Å². The standard InChI is InChI=1S/C19H29N3O2/c1-12(2)15-8-7-13(3)9-17(15)24-11-18(23)21-16-6-4-5-14-10-20-22-19(14)16/h7-9,12,14,16,19-20,22H,4-6,10-11H2,1-3H3,(H,21,23). The van der Waals surface area contributed by atoms with E-state index in [2.05, 4.69) is 42.1 Å². The Morgan fingerprint density at radius 3 is 3.00 bits per heavy atom. The number of fused-ring (bicyclic) bond motifs is 1. The Labute approximate surface area is 144 Å². The van der Waals surface area contributed by atoms with Crippen molar-refractivity contribution in [3.8, 4) is 5.75 Å². The quantitative estimate of drug-likeness (QED) is 0.774. The molecule has 5 nitrogen and oxygen atoms in total. The second kappa shape index (κ2) is 7.53. The first-order chi connectivity index (χ1) is 11.5. The molecule has 24 heavy (non-hydrogen) atoms. The van der Waals surface area contributed by atoms with Gasteiger partial charge in [-0.05, 0) is 48.8 Å². The highest BCUT2D eigenvalue weighted by atomic mass is 16.5. The lowest BCUT2D eigenvalue weighted by molar-refractivity contribution is -0.124. The maximum atomic E-state index is 12.4. The van der Waals surface area contributed by atoms with E-state index < -0.39 is 0 Å². The van der Waals surface area contributed by atoms with Crippen LogP contribution in [-0.2, 0) is 4.79 Å². The van der Waals surface area contributed by atoms with Gasteiger partial charge in [0.25, 0.3) is 5.91 Å². The number of hydrazine groups is 1. The van der Waals surface area contributed by atoms with Gasteiger partial charge in [0.1, 0.15) is 5.75 Å². The summed E-state index contributed by atoms with van der Waals surface area (Å²) in [5.74, 6) is 1.78. The number of ether oxygens (including phenoxy) is 1. The Kier molecular flexibility index (Phi) is 5.41. The SMILES string of the molecule is Cc1ccc(C(C)C)c(OCC(=O)NC2CCCC3CNNC32)c1. The van der Waals surface area contributed by atoms with Gasteiger partial charge in [-0.3, -0.25) is 15.6 Å². The maximum Gasteiger partial charge on any atom is 0.258 e. The third-order valence-corrected chi connectivity index (χ3v) is 5.16. The number of carbonyl (C=O) groups excluding carboxylic acids is 1. The fourth-order valence-corrected chi connectivity index (χ4v) is 3.84. The van der Waals surface area contributed by atoms with Crippen molar-refractivity contribution >= 4 is 5.91 Å². The minimum absolute atomic E-state index is 0.0365. The molecule has 1 aromatic rings. The summed E-state index contributed by atoms with van der Waals surface area (Å²) in [5, 5.41) is 3.16. The lowest BCUT2D eigenvalue weighted by atomic mass is 9.82. The summed E-state index contributed by atoms with van der Waals surface area (Å²) >= 11 is 0. The average molecular weight is 331 g/mol. The molecule has 1 heterocycles. The summed E-state index contributed by atoms with van der Waals surface area (Å²) in [7, 11) is 0. The molecule has 0 aromatic heterocycles. The van der Waals surface area contributed by atoms with Crippen LogP contribution in [0.25, 0.3) is 0 Å². The first-order valence-electron chi connectivity index (χ1n) is 9.05. The first-order valence-corrected chi connectivity index (χ1v) is 9.05. The molecular formula is C19H29N3O2. The largest absolute Gasteiger partial charge is 0.483 e. The van der Waals surface area contributed by atoms with E-state index in [1.807, 2.05) is 13.0 Å². The second-order valence-corrected chi connectivity index (χ2v) is 7.40. The summed E-state index contributed by atoms with van der Waals surface area (Å²) in [6, 6.07) is 6.72. The van der Waals surface area contributed by atoms with Crippen molar-refractivity contribution in [2.75, 3.05) is 13.2 Å². The Morgan fingerprint density at radius 1 is 1.38 bits per heavy atom. The minimum Gasteiger partial charge on any atom is -0.483 e. The van der Waals surface area contributed by atoms with E-state index in [0.29, 0.717) is 17.9 Å². The van der Waals surface area contributed by atoms with Gasteiger partial charge < -0.3 is 10.1 Å². The predicted octanol–water partition coefficient (Wildman–Crippen LogP) is 2.26. The number of rotatable bonds is 5. The van der Waals surface area contributed by atoms with Gasteiger partial charge in [0.05, 0.1) is 0 Å². The zero-order valence-corrected chi connectivity index (χ0v) is 14.9. The fraction of sp³-hybridized carbons (Fsp3) is 0.632. The van der Waals surface area contributed by atoms with E-state index in [4.69, 9.17) is 4.74 Å². The van der Waals surface area contributed by atoms with Gasteiger partial charge in [0, 0.05) is 18.6 Å². The summed E-state index contributed by atoms with van der Waals surface area (Å²) in [4.78, 5) is 12.4. The highest BCUT2D eigenvalue weighted by Gasteiger charge is 2.37. The van der Waals surface area contributed by atoms with Crippen LogP contribution >= 0.6 is 0 Å². The molecule has 3 atom stereocenters. The molecule has 0 radical (unpaired) electrons. The molecular weight excluding hydrogens is 302 g/mol. The van der Waals surface area contributed by atoms with Crippen molar-refractivity contribution < 1.29 is 9.53 Å². The van der Waals surface area contributed by atoms with E-state index in [-0.39, 0.29) is 18.6 Å². The average Bonchev–Trinajstić information content (AvgIpc) is 3.02. The van der Waals surface area contributed by atoms with Crippen molar-refractivity contribution in [3.63, 3.8) is 0 Å². The summed E-state index contributed by atoms with van der Waals surface area (Å²) in [5.41, 5.74) is 8.82. The predicted molar refractivity (Wildman–Crippen MR) is 95.0 cm³/mol. The molecule has 0 bridgehead atoms. The van der Waals surface area contributed by atoms with Crippen LogP contribution in [0.5, 0.6) is 5.75 Å². The topological polar surface area (TPSA) is 62.4 Å². The van der Waals surface area contributed by atoms with Crippen molar-refractivity contribution in [3.05, 3.63) is 29.3 Å². The minimum atomic E-state index is -0.0365. The number of nitrogens with one attached hydrogen (secondary N) is 3. The second-order valence-electron chi connectivity index (χ2n) is 7.40. The van der Waals surface area contributed by atoms with Gasteiger partial charge in [0.15, 0.2) is 6.61 Å². The van der Waals surface area contributed by atoms with E-state index in [0.717, 1.165) is 29.8 Å². The molecule has 2 fully saturated rings. The third-order valence-electron chi connectivity index (χ3n) is 5.16. The molecule has 1 aliphatic heterocycles. The first kappa shape index (κ1) is 17.2. The molecule has 3 rings (SSSR count). The zero-order valence-electron chi connectivity index (χ0n) is 14.9. The van der Waals surface area contributed by atoms with Crippen LogP contribution in [0.2, 0.25) is 0 Å². The molecule has 3 N–H and O–H groups in total. The Morgan fingerprint density at radius 2 is 2.21 bits per heavy atom. The molecule has 2 aliphatic rings. The van der Waals surface area contributed by atoms with Gasteiger partial charge in [0.2, 0.25) is 0 Å². The number of aryl methyl sites for hydroxylation is 1. The summed E-state index contributed by atoms with van der Waals surface area (Å²) < 4.78 is 5.85. The number of amides is 1. The fourth-order valence-electron chi connectivity index (χ4n) is 3.84. The van der Waals surface area contributed by atoms with Gasteiger partial charge in [-0.2, -0.15) is 0 Å². The lowest BCUT2D eigenvalue weighted by Gasteiger charge is -2.33. The Bertz CT molecular complexity index is 588. The van der Waals surface area contributed by atoms with Gasteiger partial charge in [-0.25, -0.2) is 0 Å². The van der Waals surface area contributed by atoms with Gasteiger partial charge >= 0.3 is 0 Å². The molecule has 1 aliphatic carbocycles. The monoisotopic (exact) mass is 331 g/mol. The lowest BCUT2D eigenvalue weighted by Crippen LogP contribution is -2.53. The van der Waals surface area contributed by atoms with E-state index >= 15 is 0 Å². The molecule has 0 spiro atoms. The van der Waals surface area contributed by atoms with Crippen molar-refractivity contribution in [2.24, 2.45) is 5.92 Å².